The van der Waals surface area contributed by atoms with Gasteiger partial charge in [0.1, 0.15) is 11.9 Å². The molecular formula is C18H34O3Si. The van der Waals surface area contributed by atoms with Crippen molar-refractivity contribution in [3.8, 4) is 0 Å². The Bertz CT molecular complexity index is 392. The molecule has 0 spiro atoms. The summed E-state index contributed by atoms with van der Waals surface area (Å²) in [5.74, 6) is -0.225. The molecule has 22 heavy (non-hydrogen) atoms. The van der Waals surface area contributed by atoms with E-state index in [4.69, 9.17) is 4.43 Å². The summed E-state index contributed by atoms with van der Waals surface area (Å²) in [7, 11) is -2.04. The van der Waals surface area contributed by atoms with Gasteiger partial charge in [-0.05, 0) is 37.9 Å². The fourth-order valence-corrected chi connectivity index (χ4v) is 2.98. The van der Waals surface area contributed by atoms with Crippen molar-refractivity contribution in [2.75, 3.05) is 0 Å². The molecule has 3 nitrogen and oxygen atoms in total. The highest BCUT2D eigenvalue weighted by Gasteiger charge is 2.40. The lowest BCUT2D eigenvalue weighted by molar-refractivity contribution is -0.129. The molecule has 0 aliphatic carbocycles. The molecule has 0 radical (unpaired) electrons. The van der Waals surface area contributed by atoms with E-state index in [1.807, 2.05) is 12.2 Å². The van der Waals surface area contributed by atoms with Gasteiger partial charge in [0, 0.05) is 0 Å². The zero-order valence-electron chi connectivity index (χ0n) is 15.5. The molecule has 0 aromatic rings. The molecular weight excluding hydrogens is 292 g/mol. The first-order chi connectivity index (χ1) is 10.0. The first kappa shape index (κ1) is 21.3. The monoisotopic (exact) mass is 326 g/mol. The van der Waals surface area contributed by atoms with Gasteiger partial charge in [0.15, 0.2) is 14.1 Å². The highest BCUT2D eigenvalue weighted by Crippen LogP contribution is 2.37. The van der Waals surface area contributed by atoms with Crippen LogP contribution in [0.4, 0.5) is 0 Å². The second kappa shape index (κ2) is 9.41. The van der Waals surface area contributed by atoms with E-state index in [1.54, 1.807) is 0 Å². The lowest BCUT2D eigenvalue weighted by Gasteiger charge is -2.38. The van der Waals surface area contributed by atoms with E-state index in [0.29, 0.717) is 0 Å². The fourth-order valence-electron chi connectivity index (χ4n) is 1.78. The minimum Gasteiger partial charge on any atom is -0.403 e. The van der Waals surface area contributed by atoms with E-state index in [1.165, 1.54) is 19.8 Å². The molecule has 0 saturated carbocycles. The first-order valence-electron chi connectivity index (χ1n) is 8.38. The van der Waals surface area contributed by atoms with Crippen LogP contribution in [0.3, 0.4) is 0 Å². The zero-order chi connectivity index (χ0) is 17.4. The van der Waals surface area contributed by atoms with Crippen molar-refractivity contribution < 1.29 is 14.0 Å². The van der Waals surface area contributed by atoms with Gasteiger partial charge in [0.25, 0.3) is 0 Å². The molecule has 0 saturated heterocycles. The molecule has 0 aromatic carbocycles. The topological polar surface area (TPSA) is 43.4 Å². The fraction of sp³-hybridized carbons (Fsp3) is 0.778. The molecule has 128 valence electrons. The summed E-state index contributed by atoms with van der Waals surface area (Å²) in [6.45, 7) is 14.3. The summed E-state index contributed by atoms with van der Waals surface area (Å²) in [5, 5.41) is 0.0395. The Kier molecular flexibility index (Phi) is 9.09. The predicted octanol–water partition coefficient (Wildman–Crippen LogP) is 5.06. The average molecular weight is 327 g/mol. The minimum atomic E-state index is -2.04. The molecule has 0 heterocycles. The van der Waals surface area contributed by atoms with Crippen molar-refractivity contribution >= 4 is 19.9 Å². The summed E-state index contributed by atoms with van der Waals surface area (Å²) >= 11 is 0. The van der Waals surface area contributed by atoms with E-state index < -0.39 is 14.4 Å². The second-order valence-electron chi connectivity index (χ2n) is 7.57. The number of ketones is 2. The Balaban J connectivity index is 4.94. The van der Waals surface area contributed by atoms with Crippen molar-refractivity contribution in [2.24, 2.45) is 0 Å². The van der Waals surface area contributed by atoms with Crippen molar-refractivity contribution in [2.45, 2.75) is 91.0 Å². The summed E-state index contributed by atoms with van der Waals surface area (Å²) < 4.78 is 6.22. The maximum absolute atomic E-state index is 12.3. The lowest BCUT2D eigenvalue weighted by atomic mass is 10.1. The Hall–Kier alpha value is -0.743. The minimum absolute atomic E-state index is 0.0395. The number of hydrogen-bond acceptors (Lipinski definition) is 3. The third-order valence-electron chi connectivity index (χ3n) is 4.25. The van der Waals surface area contributed by atoms with Crippen LogP contribution in [0.5, 0.6) is 0 Å². The first-order valence-corrected chi connectivity index (χ1v) is 11.3. The van der Waals surface area contributed by atoms with Crippen LogP contribution in [0, 0.1) is 0 Å². The van der Waals surface area contributed by atoms with Crippen LogP contribution in [0.2, 0.25) is 18.1 Å². The van der Waals surface area contributed by atoms with Crippen molar-refractivity contribution in [1.29, 1.82) is 0 Å². The van der Waals surface area contributed by atoms with Gasteiger partial charge in [0.2, 0.25) is 0 Å². The number of allylic oxidation sites excluding steroid dienone is 1. The maximum atomic E-state index is 12.3. The van der Waals surface area contributed by atoms with Crippen LogP contribution < -0.4 is 0 Å². The van der Waals surface area contributed by atoms with Crippen molar-refractivity contribution in [1.82, 2.24) is 0 Å². The van der Waals surface area contributed by atoms with Crippen molar-refractivity contribution in [3.05, 3.63) is 12.2 Å². The standard InChI is InChI=1S/C18H34O3Si/c1-8-9-10-11-12-13-17(16(20)14-15(2)19)21-22(6,7)18(3,4)5/h12-13,17H,8-11,14H2,1-7H3/b13-12+/t17-/m0/s1. The summed E-state index contributed by atoms with van der Waals surface area (Å²) in [4.78, 5) is 23.6. The predicted molar refractivity (Wildman–Crippen MR) is 95.7 cm³/mol. The van der Waals surface area contributed by atoms with E-state index in [9.17, 15) is 9.59 Å². The molecule has 0 bridgehead atoms. The Morgan fingerprint density at radius 3 is 2.23 bits per heavy atom. The van der Waals surface area contributed by atoms with Crippen LogP contribution in [0.25, 0.3) is 0 Å². The molecule has 0 N–H and O–H groups in total. The lowest BCUT2D eigenvalue weighted by Crippen LogP contribution is -2.45. The SMILES string of the molecule is CCCCC/C=C/[C@H](O[Si](C)(C)C(C)(C)C)C(=O)CC(C)=O. The van der Waals surface area contributed by atoms with Crippen LogP contribution in [-0.2, 0) is 14.0 Å². The Morgan fingerprint density at radius 1 is 1.18 bits per heavy atom. The molecule has 0 unspecified atom stereocenters. The number of unbranched alkanes of at least 4 members (excludes halogenated alkanes) is 3. The smallest absolute Gasteiger partial charge is 0.193 e. The average Bonchev–Trinajstić information content (AvgIpc) is 2.34. The maximum Gasteiger partial charge on any atom is 0.193 e. The van der Waals surface area contributed by atoms with E-state index in [2.05, 4.69) is 40.8 Å². The quantitative estimate of drug-likeness (QED) is 0.244. The third-order valence-corrected chi connectivity index (χ3v) is 8.71. The molecule has 0 aliphatic rings. The molecule has 0 aliphatic heterocycles. The normalized spacial score (nSPS) is 14.3. The van der Waals surface area contributed by atoms with Gasteiger partial charge in [0.05, 0.1) is 6.42 Å². The largest absolute Gasteiger partial charge is 0.403 e. The third kappa shape index (κ3) is 8.04. The van der Waals surface area contributed by atoms with Gasteiger partial charge in [-0.15, -0.1) is 0 Å². The summed E-state index contributed by atoms with van der Waals surface area (Å²) in [6.07, 6.45) is 7.73. The van der Waals surface area contributed by atoms with Gasteiger partial charge < -0.3 is 4.43 Å². The number of Topliss-reactive ketones (excluding diaryl/α,β-unsaturated/α-hetero) is 2. The van der Waals surface area contributed by atoms with Gasteiger partial charge in [-0.25, -0.2) is 0 Å². The number of hydrogen-bond donors (Lipinski definition) is 0. The van der Waals surface area contributed by atoms with Crippen molar-refractivity contribution in [3.63, 3.8) is 0 Å². The molecule has 0 aromatic heterocycles. The van der Waals surface area contributed by atoms with Gasteiger partial charge in [-0.1, -0.05) is 52.7 Å². The van der Waals surface area contributed by atoms with Crippen LogP contribution in [0.1, 0.15) is 66.7 Å². The van der Waals surface area contributed by atoms with Crippen LogP contribution in [0.15, 0.2) is 12.2 Å². The zero-order valence-corrected chi connectivity index (χ0v) is 16.5. The highest BCUT2D eigenvalue weighted by molar-refractivity contribution is 6.74. The van der Waals surface area contributed by atoms with Gasteiger partial charge in [-0.3, -0.25) is 9.59 Å². The number of carbonyl (C=O) groups is 2. The summed E-state index contributed by atoms with van der Waals surface area (Å²) in [5.41, 5.74) is 0. The Labute approximate surface area is 137 Å². The van der Waals surface area contributed by atoms with E-state index >= 15 is 0 Å². The highest BCUT2D eigenvalue weighted by atomic mass is 28.4. The van der Waals surface area contributed by atoms with Gasteiger partial charge >= 0.3 is 0 Å². The van der Waals surface area contributed by atoms with E-state index in [-0.39, 0.29) is 23.0 Å². The molecule has 0 amide bonds. The Morgan fingerprint density at radius 2 is 1.77 bits per heavy atom. The number of rotatable bonds is 10. The van der Waals surface area contributed by atoms with Gasteiger partial charge in [-0.2, -0.15) is 0 Å². The van der Waals surface area contributed by atoms with E-state index in [0.717, 1.165) is 12.8 Å². The van der Waals surface area contributed by atoms with Crippen LogP contribution >= 0.6 is 0 Å². The molecule has 0 fully saturated rings. The summed E-state index contributed by atoms with van der Waals surface area (Å²) in [6, 6.07) is 0. The molecule has 4 heteroatoms. The molecule has 0 rings (SSSR count). The molecule has 1 atom stereocenters. The number of carbonyl (C=O) groups excluding carboxylic acids is 2. The van der Waals surface area contributed by atoms with Crippen LogP contribution in [-0.4, -0.2) is 26.0 Å². The second-order valence-corrected chi connectivity index (χ2v) is 12.3.